The van der Waals surface area contributed by atoms with Crippen molar-refractivity contribution in [2.75, 3.05) is 33.7 Å². The molecule has 0 spiro atoms. The molecule has 1 saturated heterocycles. The number of nitrogens with zero attached hydrogens (tertiary/aromatic N) is 2. The van der Waals surface area contributed by atoms with Crippen molar-refractivity contribution in [2.24, 2.45) is 0 Å². The highest BCUT2D eigenvalue weighted by Gasteiger charge is 2.33. The van der Waals surface area contributed by atoms with Crippen molar-refractivity contribution in [3.8, 4) is 0 Å². The molecule has 2 atom stereocenters. The van der Waals surface area contributed by atoms with Crippen molar-refractivity contribution in [1.82, 2.24) is 15.1 Å². The molecule has 2 rings (SSSR count). The first-order valence-corrected chi connectivity index (χ1v) is 7.83. The fourth-order valence-electron chi connectivity index (χ4n) is 2.73. The van der Waals surface area contributed by atoms with Gasteiger partial charge >= 0.3 is 0 Å². The SMILES string of the molecule is CC(c1ccc(F)cc1Br)N1CCNCC1C(=O)N(C)C. The third kappa shape index (κ3) is 3.62. The molecule has 0 aromatic heterocycles. The largest absolute Gasteiger partial charge is 0.347 e. The number of carbonyl (C=O) groups excluding carboxylic acids is 1. The van der Waals surface area contributed by atoms with Crippen LogP contribution in [0.15, 0.2) is 22.7 Å². The lowest BCUT2D eigenvalue weighted by molar-refractivity contribution is -0.136. The Labute approximate surface area is 133 Å². The highest BCUT2D eigenvalue weighted by molar-refractivity contribution is 9.10. The van der Waals surface area contributed by atoms with Crippen LogP contribution >= 0.6 is 15.9 Å². The average molecular weight is 358 g/mol. The Morgan fingerprint density at radius 3 is 2.86 bits per heavy atom. The molecule has 0 aliphatic carbocycles. The zero-order valence-corrected chi connectivity index (χ0v) is 14.2. The Morgan fingerprint density at radius 2 is 2.24 bits per heavy atom. The monoisotopic (exact) mass is 357 g/mol. The molecule has 1 amide bonds. The molecule has 1 aromatic rings. The van der Waals surface area contributed by atoms with Gasteiger partial charge in [-0.25, -0.2) is 4.39 Å². The molecule has 1 aromatic carbocycles. The van der Waals surface area contributed by atoms with Crippen LogP contribution in [0.4, 0.5) is 4.39 Å². The van der Waals surface area contributed by atoms with Gasteiger partial charge in [-0.05, 0) is 24.6 Å². The standard InChI is InChI=1S/C15H21BrFN3O/c1-10(12-5-4-11(17)8-13(12)16)20-7-6-18-9-14(20)15(21)19(2)3/h4-5,8,10,14,18H,6-7,9H2,1-3H3. The molecule has 1 heterocycles. The van der Waals surface area contributed by atoms with Crippen LogP contribution in [0.25, 0.3) is 0 Å². The van der Waals surface area contributed by atoms with E-state index in [0.29, 0.717) is 6.54 Å². The maximum absolute atomic E-state index is 13.2. The highest BCUT2D eigenvalue weighted by Crippen LogP contribution is 2.30. The van der Waals surface area contributed by atoms with E-state index in [1.807, 2.05) is 0 Å². The molecule has 0 bridgehead atoms. The maximum Gasteiger partial charge on any atom is 0.240 e. The fourth-order valence-corrected chi connectivity index (χ4v) is 3.41. The summed E-state index contributed by atoms with van der Waals surface area (Å²) >= 11 is 3.42. The number of amides is 1. The molecule has 4 nitrogen and oxygen atoms in total. The molecule has 0 saturated carbocycles. The lowest BCUT2D eigenvalue weighted by Gasteiger charge is -2.40. The van der Waals surface area contributed by atoms with Gasteiger partial charge in [0.2, 0.25) is 5.91 Å². The van der Waals surface area contributed by atoms with Crippen LogP contribution in [0.2, 0.25) is 0 Å². The Hall–Kier alpha value is -0.980. The molecule has 0 radical (unpaired) electrons. The van der Waals surface area contributed by atoms with Gasteiger partial charge in [0.05, 0.1) is 0 Å². The molecule has 2 unspecified atom stereocenters. The van der Waals surface area contributed by atoms with Gasteiger partial charge < -0.3 is 10.2 Å². The van der Waals surface area contributed by atoms with Gasteiger partial charge in [-0.1, -0.05) is 22.0 Å². The summed E-state index contributed by atoms with van der Waals surface area (Å²) in [6.45, 7) is 4.33. The second kappa shape index (κ2) is 6.85. The highest BCUT2D eigenvalue weighted by atomic mass is 79.9. The van der Waals surface area contributed by atoms with Crippen molar-refractivity contribution < 1.29 is 9.18 Å². The van der Waals surface area contributed by atoms with Gasteiger partial charge in [0, 0.05) is 44.2 Å². The van der Waals surface area contributed by atoms with E-state index in [2.05, 4.69) is 33.1 Å². The van der Waals surface area contributed by atoms with Crippen molar-refractivity contribution in [3.05, 3.63) is 34.1 Å². The summed E-state index contributed by atoms with van der Waals surface area (Å²) in [6.07, 6.45) is 0. The number of halogens is 2. The summed E-state index contributed by atoms with van der Waals surface area (Å²) in [6, 6.07) is 4.55. The molecular weight excluding hydrogens is 337 g/mol. The van der Waals surface area contributed by atoms with E-state index in [-0.39, 0.29) is 23.8 Å². The van der Waals surface area contributed by atoms with Crippen molar-refractivity contribution >= 4 is 21.8 Å². The van der Waals surface area contributed by atoms with Gasteiger partial charge in [0.1, 0.15) is 11.9 Å². The van der Waals surface area contributed by atoms with E-state index in [1.54, 1.807) is 25.1 Å². The molecule has 6 heteroatoms. The summed E-state index contributed by atoms with van der Waals surface area (Å²) in [5.41, 5.74) is 0.995. The number of rotatable bonds is 3. The van der Waals surface area contributed by atoms with E-state index in [0.717, 1.165) is 23.1 Å². The molecule has 116 valence electrons. The van der Waals surface area contributed by atoms with Gasteiger partial charge in [0.15, 0.2) is 0 Å². The lowest BCUT2D eigenvalue weighted by Crippen LogP contribution is -2.58. The topological polar surface area (TPSA) is 35.6 Å². The van der Waals surface area contributed by atoms with Crippen molar-refractivity contribution in [2.45, 2.75) is 19.0 Å². The molecule has 1 fully saturated rings. The minimum absolute atomic E-state index is 0.0379. The van der Waals surface area contributed by atoms with Gasteiger partial charge in [-0.2, -0.15) is 0 Å². The summed E-state index contributed by atoms with van der Waals surface area (Å²) in [5.74, 6) is -0.175. The van der Waals surface area contributed by atoms with E-state index < -0.39 is 0 Å². The van der Waals surface area contributed by atoms with E-state index in [1.165, 1.54) is 12.1 Å². The summed E-state index contributed by atoms with van der Waals surface area (Å²) in [4.78, 5) is 16.2. The number of piperazine rings is 1. The number of hydrogen-bond acceptors (Lipinski definition) is 3. The van der Waals surface area contributed by atoms with Gasteiger partial charge in [-0.3, -0.25) is 9.69 Å². The second-order valence-electron chi connectivity index (χ2n) is 5.53. The molecule has 1 N–H and O–H groups in total. The quantitative estimate of drug-likeness (QED) is 0.898. The third-order valence-corrected chi connectivity index (χ3v) is 4.61. The Kier molecular flexibility index (Phi) is 5.35. The van der Waals surface area contributed by atoms with E-state index in [4.69, 9.17) is 0 Å². The average Bonchev–Trinajstić information content (AvgIpc) is 2.45. The van der Waals surface area contributed by atoms with Gasteiger partial charge in [0.25, 0.3) is 0 Å². The van der Waals surface area contributed by atoms with Crippen molar-refractivity contribution in [3.63, 3.8) is 0 Å². The lowest BCUT2D eigenvalue weighted by atomic mass is 10.0. The summed E-state index contributed by atoms with van der Waals surface area (Å²) in [5, 5.41) is 3.27. The minimum Gasteiger partial charge on any atom is -0.347 e. The van der Waals surface area contributed by atoms with Crippen LogP contribution in [-0.2, 0) is 4.79 Å². The Balaban J connectivity index is 2.26. The zero-order valence-electron chi connectivity index (χ0n) is 12.6. The smallest absolute Gasteiger partial charge is 0.240 e. The second-order valence-corrected chi connectivity index (χ2v) is 6.39. The summed E-state index contributed by atoms with van der Waals surface area (Å²) < 4.78 is 14.0. The predicted octanol–water partition coefficient (Wildman–Crippen LogP) is 2.01. The minimum atomic E-state index is -0.265. The number of benzene rings is 1. The van der Waals surface area contributed by atoms with Crippen LogP contribution in [0.5, 0.6) is 0 Å². The number of carbonyl (C=O) groups is 1. The normalized spacial score (nSPS) is 21.1. The number of nitrogens with one attached hydrogen (secondary N) is 1. The van der Waals surface area contributed by atoms with E-state index in [9.17, 15) is 9.18 Å². The maximum atomic E-state index is 13.2. The molecule has 21 heavy (non-hydrogen) atoms. The van der Waals surface area contributed by atoms with Crippen LogP contribution in [0.3, 0.4) is 0 Å². The van der Waals surface area contributed by atoms with Crippen molar-refractivity contribution in [1.29, 1.82) is 0 Å². The molecule has 1 aliphatic rings. The predicted molar refractivity (Wildman–Crippen MR) is 84.6 cm³/mol. The first kappa shape index (κ1) is 16.4. The Bertz CT molecular complexity index is 524. The third-order valence-electron chi connectivity index (χ3n) is 3.92. The first-order valence-electron chi connectivity index (χ1n) is 7.04. The zero-order chi connectivity index (χ0) is 15.6. The van der Waals surface area contributed by atoms with Crippen LogP contribution in [0.1, 0.15) is 18.5 Å². The summed E-state index contributed by atoms with van der Waals surface area (Å²) in [7, 11) is 3.54. The van der Waals surface area contributed by atoms with Crippen LogP contribution < -0.4 is 5.32 Å². The molecular formula is C15H21BrFN3O. The molecule has 1 aliphatic heterocycles. The van der Waals surface area contributed by atoms with Crippen LogP contribution in [0, 0.1) is 5.82 Å². The Morgan fingerprint density at radius 1 is 1.52 bits per heavy atom. The number of likely N-dealkylation sites (N-methyl/N-ethyl adjacent to an activating group) is 1. The van der Waals surface area contributed by atoms with Gasteiger partial charge in [-0.15, -0.1) is 0 Å². The first-order chi connectivity index (χ1) is 9.91. The number of hydrogen-bond donors (Lipinski definition) is 1. The fraction of sp³-hybridized carbons (Fsp3) is 0.533. The van der Waals surface area contributed by atoms with Crippen LogP contribution in [-0.4, -0.2) is 55.5 Å². The van der Waals surface area contributed by atoms with E-state index >= 15 is 0 Å².